The number of nitrogens with zero attached hydrogens (tertiary/aromatic N) is 4. The first-order valence-electron chi connectivity index (χ1n) is 9.08. The molecule has 0 saturated heterocycles. The number of para-hydroxylation sites is 1. The molecule has 9 heteroatoms. The van der Waals surface area contributed by atoms with Crippen molar-refractivity contribution in [3.05, 3.63) is 87.7 Å². The summed E-state index contributed by atoms with van der Waals surface area (Å²) in [4.78, 5) is 18.3. The molecule has 0 saturated carbocycles. The van der Waals surface area contributed by atoms with Crippen LogP contribution in [0.15, 0.2) is 72.8 Å². The number of aromatic amines is 2. The second-order valence-corrected chi connectivity index (χ2v) is 7.03. The third-order valence-corrected chi connectivity index (χ3v) is 5.05. The number of imidazole rings is 1. The van der Waals surface area contributed by atoms with Gasteiger partial charge in [0.2, 0.25) is 0 Å². The number of nitrogens with one attached hydrogen (secondary N) is 2. The number of rotatable bonds is 4. The van der Waals surface area contributed by atoms with Crippen molar-refractivity contribution in [2.75, 3.05) is 0 Å². The van der Waals surface area contributed by atoms with Crippen molar-refractivity contribution in [1.82, 2.24) is 24.7 Å². The Labute approximate surface area is 175 Å². The fraction of sp³-hybridized carbons (Fsp3) is 0. The van der Waals surface area contributed by atoms with E-state index in [0.29, 0.717) is 16.4 Å². The maximum atomic E-state index is 10.9. The van der Waals surface area contributed by atoms with E-state index < -0.39 is 4.92 Å². The summed E-state index contributed by atoms with van der Waals surface area (Å²) in [6.07, 6.45) is 0. The number of fused-ring (bicyclic) bond motifs is 1. The van der Waals surface area contributed by atoms with E-state index >= 15 is 0 Å². The molecular weight excluding hydrogens is 400 g/mol. The highest BCUT2D eigenvalue weighted by Gasteiger charge is 2.13. The SMILES string of the molecule is O=[N+]([O-])c1ccc(-c2nc3ccc(-c4n[nH]c(=S)n4-c4ccccc4)cc3[nH]2)cc1. The standard InChI is InChI=1S/C21H14N6O2S/c28-27(29)16-9-6-13(7-10-16)19-22-17-11-8-14(12-18(17)23-19)20-24-25-21(30)26(20)15-4-2-1-3-5-15/h1-12H,(H,22,23)(H,25,30). The van der Waals surface area contributed by atoms with E-state index in [1.54, 1.807) is 12.1 Å². The number of benzene rings is 3. The number of aromatic nitrogens is 5. The molecule has 0 spiro atoms. The first-order chi connectivity index (χ1) is 14.6. The van der Waals surface area contributed by atoms with Gasteiger partial charge in [-0.05, 0) is 54.7 Å². The Morgan fingerprint density at radius 2 is 1.70 bits per heavy atom. The number of hydrogen-bond donors (Lipinski definition) is 2. The normalized spacial score (nSPS) is 11.1. The summed E-state index contributed by atoms with van der Waals surface area (Å²) in [7, 11) is 0. The van der Waals surface area contributed by atoms with Crippen molar-refractivity contribution in [2.24, 2.45) is 0 Å². The Morgan fingerprint density at radius 1 is 0.967 bits per heavy atom. The van der Waals surface area contributed by atoms with Gasteiger partial charge in [0.05, 0.1) is 16.0 Å². The van der Waals surface area contributed by atoms with Gasteiger partial charge in [-0.25, -0.2) is 4.98 Å². The molecule has 0 bridgehead atoms. The summed E-state index contributed by atoms with van der Waals surface area (Å²) in [6.45, 7) is 0. The summed E-state index contributed by atoms with van der Waals surface area (Å²) in [5.74, 6) is 1.33. The van der Waals surface area contributed by atoms with E-state index in [2.05, 4.69) is 20.2 Å². The largest absolute Gasteiger partial charge is 0.338 e. The number of hydrogen-bond acceptors (Lipinski definition) is 5. The smallest absolute Gasteiger partial charge is 0.269 e. The van der Waals surface area contributed by atoms with E-state index in [9.17, 15) is 10.1 Å². The van der Waals surface area contributed by atoms with Gasteiger partial charge in [0.1, 0.15) is 5.82 Å². The van der Waals surface area contributed by atoms with Crippen molar-refractivity contribution >= 4 is 28.9 Å². The molecule has 5 rings (SSSR count). The van der Waals surface area contributed by atoms with E-state index in [1.165, 1.54) is 12.1 Å². The monoisotopic (exact) mass is 414 g/mol. The van der Waals surface area contributed by atoms with Crippen molar-refractivity contribution in [1.29, 1.82) is 0 Å². The van der Waals surface area contributed by atoms with Crippen LogP contribution < -0.4 is 0 Å². The van der Waals surface area contributed by atoms with Crippen LogP contribution >= 0.6 is 12.2 Å². The lowest BCUT2D eigenvalue weighted by Crippen LogP contribution is -1.97. The molecule has 2 heterocycles. The lowest BCUT2D eigenvalue weighted by atomic mass is 10.2. The minimum Gasteiger partial charge on any atom is -0.338 e. The maximum Gasteiger partial charge on any atom is 0.269 e. The molecule has 8 nitrogen and oxygen atoms in total. The van der Waals surface area contributed by atoms with Crippen LogP contribution in [0.4, 0.5) is 5.69 Å². The van der Waals surface area contributed by atoms with Crippen LogP contribution in [0.3, 0.4) is 0 Å². The molecule has 3 aromatic carbocycles. The van der Waals surface area contributed by atoms with Gasteiger partial charge in [-0.2, -0.15) is 5.10 Å². The zero-order valence-corrected chi connectivity index (χ0v) is 16.3. The lowest BCUT2D eigenvalue weighted by molar-refractivity contribution is -0.384. The van der Waals surface area contributed by atoms with E-state index in [-0.39, 0.29) is 5.69 Å². The summed E-state index contributed by atoms with van der Waals surface area (Å²) in [6, 6.07) is 21.9. The molecular formula is C21H14N6O2S. The Morgan fingerprint density at radius 3 is 2.43 bits per heavy atom. The zero-order chi connectivity index (χ0) is 20.7. The van der Waals surface area contributed by atoms with Crippen LogP contribution in [0.1, 0.15) is 0 Å². The Hall–Kier alpha value is -4.11. The average molecular weight is 414 g/mol. The van der Waals surface area contributed by atoms with Gasteiger partial charge in [0, 0.05) is 28.9 Å². The molecule has 0 atom stereocenters. The fourth-order valence-electron chi connectivity index (χ4n) is 3.33. The van der Waals surface area contributed by atoms with Gasteiger partial charge in [0.25, 0.3) is 5.69 Å². The predicted molar refractivity (Wildman–Crippen MR) is 116 cm³/mol. The Kier molecular flexibility index (Phi) is 4.22. The van der Waals surface area contributed by atoms with Crippen molar-refractivity contribution in [3.8, 4) is 28.5 Å². The molecule has 5 aromatic rings. The first kappa shape index (κ1) is 18.0. The highest BCUT2D eigenvalue weighted by atomic mass is 32.1. The third-order valence-electron chi connectivity index (χ3n) is 4.78. The second kappa shape index (κ2) is 7.05. The molecule has 0 unspecified atom stereocenters. The van der Waals surface area contributed by atoms with E-state index in [4.69, 9.17) is 12.2 Å². The minimum atomic E-state index is -0.423. The second-order valence-electron chi connectivity index (χ2n) is 6.64. The molecule has 2 aromatic heterocycles. The molecule has 0 fully saturated rings. The van der Waals surface area contributed by atoms with E-state index in [0.717, 1.165) is 27.8 Å². The van der Waals surface area contributed by atoms with Gasteiger partial charge in [0.15, 0.2) is 10.6 Å². The van der Waals surface area contributed by atoms with Crippen LogP contribution in [-0.4, -0.2) is 29.7 Å². The predicted octanol–water partition coefficient (Wildman–Crippen LogP) is 5.05. The molecule has 0 aliphatic rings. The molecule has 0 amide bonds. The van der Waals surface area contributed by atoms with Crippen LogP contribution in [0.2, 0.25) is 0 Å². The maximum absolute atomic E-state index is 10.9. The van der Waals surface area contributed by atoms with Crippen molar-refractivity contribution in [3.63, 3.8) is 0 Å². The molecule has 146 valence electrons. The van der Waals surface area contributed by atoms with Gasteiger partial charge >= 0.3 is 0 Å². The topological polar surface area (TPSA) is 105 Å². The van der Waals surface area contributed by atoms with Gasteiger partial charge in [-0.3, -0.25) is 19.8 Å². The van der Waals surface area contributed by atoms with Gasteiger partial charge < -0.3 is 4.98 Å². The summed E-state index contributed by atoms with van der Waals surface area (Å²) < 4.78 is 2.39. The minimum absolute atomic E-state index is 0.0425. The Bertz CT molecular complexity index is 1430. The van der Waals surface area contributed by atoms with Gasteiger partial charge in [-0.15, -0.1) is 0 Å². The Balaban J connectivity index is 1.57. The fourth-order valence-corrected chi connectivity index (χ4v) is 3.57. The van der Waals surface area contributed by atoms with E-state index in [1.807, 2.05) is 53.1 Å². The number of H-pyrrole nitrogens is 2. The average Bonchev–Trinajstić information content (AvgIpc) is 3.37. The number of nitro groups is 1. The third kappa shape index (κ3) is 3.07. The molecule has 0 aliphatic carbocycles. The summed E-state index contributed by atoms with van der Waals surface area (Å²) >= 11 is 5.42. The lowest BCUT2D eigenvalue weighted by Gasteiger charge is -2.06. The molecule has 0 radical (unpaired) electrons. The van der Waals surface area contributed by atoms with Gasteiger partial charge in [-0.1, -0.05) is 18.2 Å². The quantitative estimate of drug-likeness (QED) is 0.243. The van der Waals surface area contributed by atoms with Crippen molar-refractivity contribution < 1.29 is 4.92 Å². The van der Waals surface area contributed by atoms with Crippen LogP contribution in [0, 0.1) is 14.9 Å². The molecule has 30 heavy (non-hydrogen) atoms. The van der Waals surface area contributed by atoms with Crippen molar-refractivity contribution in [2.45, 2.75) is 0 Å². The first-order valence-corrected chi connectivity index (χ1v) is 9.49. The molecule has 2 N–H and O–H groups in total. The highest BCUT2D eigenvalue weighted by molar-refractivity contribution is 7.71. The van der Waals surface area contributed by atoms with Crippen LogP contribution in [-0.2, 0) is 0 Å². The summed E-state index contributed by atoms with van der Waals surface area (Å²) in [5, 5.41) is 18.1. The highest BCUT2D eigenvalue weighted by Crippen LogP contribution is 2.27. The van der Waals surface area contributed by atoms with Crippen LogP contribution in [0.25, 0.3) is 39.5 Å². The zero-order valence-electron chi connectivity index (χ0n) is 15.4. The van der Waals surface area contributed by atoms with Crippen LogP contribution in [0.5, 0.6) is 0 Å². The summed E-state index contributed by atoms with van der Waals surface area (Å²) in [5.41, 5.74) is 4.22. The molecule has 0 aliphatic heterocycles. The number of non-ortho nitro benzene ring substituents is 1. The number of nitro benzene ring substituents is 1.